The van der Waals surface area contributed by atoms with Crippen LogP contribution in [-0.2, 0) is 21.8 Å². The van der Waals surface area contributed by atoms with Gasteiger partial charge >= 0.3 is 0 Å². The molecule has 3 heterocycles. The molecular formula is C22H28N6O2S2. The molecule has 1 aliphatic heterocycles. The summed E-state index contributed by atoms with van der Waals surface area (Å²) in [7, 11) is 0. The van der Waals surface area contributed by atoms with Crippen molar-refractivity contribution in [2.45, 2.75) is 38.2 Å². The predicted octanol–water partition coefficient (Wildman–Crippen LogP) is 4.20. The summed E-state index contributed by atoms with van der Waals surface area (Å²) in [4.78, 5) is 20.9. The summed E-state index contributed by atoms with van der Waals surface area (Å²) in [5.41, 5.74) is 1.74. The van der Waals surface area contributed by atoms with Crippen molar-refractivity contribution in [1.29, 1.82) is 0 Å². The third kappa shape index (κ3) is 5.31. The normalized spacial score (nSPS) is 14.2. The molecule has 170 valence electrons. The van der Waals surface area contributed by atoms with E-state index in [1.54, 1.807) is 23.6 Å². The van der Waals surface area contributed by atoms with Crippen LogP contribution in [0.1, 0.15) is 26.5 Å². The van der Waals surface area contributed by atoms with Gasteiger partial charge in [0.2, 0.25) is 11.9 Å². The number of ether oxygens (including phenoxy) is 1. The topological polar surface area (TPSA) is 76.4 Å². The number of hydrogen-bond acceptors (Lipinski definition) is 8. The highest BCUT2D eigenvalue weighted by atomic mass is 32.2. The van der Waals surface area contributed by atoms with E-state index in [2.05, 4.69) is 33.5 Å². The molecule has 0 bridgehead atoms. The van der Waals surface area contributed by atoms with Gasteiger partial charge in [-0.1, -0.05) is 43.8 Å². The van der Waals surface area contributed by atoms with E-state index in [9.17, 15) is 4.79 Å². The monoisotopic (exact) mass is 472 g/mol. The van der Waals surface area contributed by atoms with E-state index in [0.717, 1.165) is 42.1 Å². The fourth-order valence-corrected chi connectivity index (χ4v) is 5.35. The molecule has 0 unspecified atom stereocenters. The maximum atomic E-state index is 12.3. The van der Waals surface area contributed by atoms with Crippen molar-refractivity contribution in [1.82, 2.24) is 19.7 Å². The maximum absolute atomic E-state index is 12.3. The number of thioether (sulfide) groups is 1. The summed E-state index contributed by atoms with van der Waals surface area (Å²) >= 11 is 3.10. The second-order valence-electron chi connectivity index (χ2n) is 7.99. The molecule has 3 aromatic rings. The fourth-order valence-electron chi connectivity index (χ4n) is 3.52. The molecule has 0 N–H and O–H groups in total. The Morgan fingerprint density at radius 2 is 1.97 bits per heavy atom. The highest BCUT2D eigenvalue weighted by Crippen LogP contribution is 2.32. The van der Waals surface area contributed by atoms with E-state index in [4.69, 9.17) is 9.72 Å². The molecule has 1 aromatic carbocycles. The molecule has 1 amide bonds. The van der Waals surface area contributed by atoms with Gasteiger partial charge in [0.1, 0.15) is 0 Å². The zero-order valence-corrected chi connectivity index (χ0v) is 20.2. The van der Waals surface area contributed by atoms with Crippen molar-refractivity contribution in [3.8, 4) is 0 Å². The number of para-hydroxylation sites is 1. The third-order valence-corrected chi connectivity index (χ3v) is 6.82. The minimum atomic E-state index is -0.0587. The third-order valence-electron chi connectivity index (χ3n) is 4.95. The summed E-state index contributed by atoms with van der Waals surface area (Å²) in [6.45, 7) is 9.90. The number of carbonyl (C=O) groups is 1. The molecule has 1 saturated heterocycles. The van der Waals surface area contributed by atoms with E-state index < -0.39 is 0 Å². The van der Waals surface area contributed by atoms with Crippen LogP contribution in [0.5, 0.6) is 0 Å². The van der Waals surface area contributed by atoms with Crippen LogP contribution in [0.3, 0.4) is 0 Å². The van der Waals surface area contributed by atoms with Crippen molar-refractivity contribution in [3.05, 3.63) is 41.4 Å². The van der Waals surface area contributed by atoms with Crippen LogP contribution in [0.2, 0.25) is 0 Å². The van der Waals surface area contributed by atoms with Crippen molar-refractivity contribution in [3.63, 3.8) is 0 Å². The number of morpholine rings is 1. The number of nitrogens with zero attached hydrogens (tertiary/aromatic N) is 6. The standard InChI is InChI=1S/C22H28N6O2S2/c1-16(2)13-27-20(26-9-11-30-12-10-26)24-25-22(27)32-15-18-14-31-21(23-18)28(17(3)29)19-7-5-4-6-8-19/h4-8,14,16H,9-13,15H2,1-3H3. The second kappa shape index (κ2) is 10.5. The minimum absolute atomic E-state index is 0.0587. The molecule has 0 atom stereocenters. The summed E-state index contributed by atoms with van der Waals surface area (Å²) in [6.07, 6.45) is 0. The first-order chi connectivity index (χ1) is 15.5. The number of hydrogen-bond donors (Lipinski definition) is 0. The Morgan fingerprint density at radius 3 is 2.66 bits per heavy atom. The zero-order chi connectivity index (χ0) is 22.5. The van der Waals surface area contributed by atoms with E-state index in [1.165, 1.54) is 11.3 Å². The fraction of sp³-hybridized carbons (Fsp3) is 0.455. The van der Waals surface area contributed by atoms with Crippen molar-refractivity contribution in [2.24, 2.45) is 5.92 Å². The number of rotatable bonds is 8. The number of thiazole rings is 1. The first-order valence-corrected chi connectivity index (χ1v) is 12.6. The van der Waals surface area contributed by atoms with Gasteiger partial charge in [0.15, 0.2) is 10.3 Å². The van der Waals surface area contributed by atoms with E-state index in [0.29, 0.717) is 30.0 Å². The van der Waals surface area contributed by atoms with Crippen LogP contribution in [0.4, 0.5) is 16.8 Å². The van der Waals surface area contributed by atoms with Crippen LogP contribution in [0.15, 0.2) is 40.9 Å². The second-order valence-corrected chi connectivity index (χ2v) is 9.77. The van der Waals surface area contributed by atoms with Gasteiger partial charge in [-0.2, -0.15) is 0 Å². The van der Waals surface area contributed by atoms with Crippen LogP contribution in [0, 0.1) is 5.92 Å². The van der Waals surface area contributed by atoms with Crippen molar-refractivity contribution < 1.29 is 9.53 Å². The molecule has 1 aliphatic rings. The van der Waals surface area contributed by atoms with Crippen LogP contribution >= 0.6 is 23.1 Å². The predicted molar refractivity (Wildman–Crippen MR) is 129 cm³/mol. The highest BCUT2D eigenvalue weighted by Gasteiger charge is 2.22. The van der Waals surface area contributed by atoms with Crippen molar-refractivity contribution >= 4 is 45.8 Å². The molecule has 32 heavy (non-hydrogen) atoms. The summed E-state index contributed by atoms with van der Waals surface area (Å²) in [5, 5.41) is 12.5. The Balaban J connectivity index is 1.50. The molecule has 4 rings (SSSR count). The molecule has 0 spiro atoms. The van der Waals surface area contributed by atoms with Crippen LogP contribution in [0.25, 0.3) is 0 Å². The zero-order valence-electron chi connectivity index (χ0n) is 18.6. The van der Waals surface area contributed by atoms with Crippen molar-refractivity contribution in [2.75, 3.05) is 36.1 Å². The maximum Gasteiger partial charge on any atom is 0.230 e. The Hall–Kier alpha value is -2.43. The van der Waals surface area contributed by atoms with Gasteiger partial charge in [-0.25, -0.2) is 4.98 Å². The molecule has 0 aliphatic carbocycles. The lowest BCUT2D eigenvalue weighted by Crippen LogP contribution is -2.38. The summed E-state index contributed by atoms with van der Waals surface area (Å²) in [6, 6.07) is 9.61. The highest BCUT2D eigenvalue weighted by molar-refractivity contribution is 7.98. The van der Waals surface area contributed by atoms with E-state index in [-0.39, 0.29) is 5.91 Å². The molecule has 0 radical (unpaired) electrons. The van der Waals surface area contributed by atoms with Gasteiger partial charge in [-0.05, 0) is 18.1 Å². The number of benzene rings is 1. The smallest absolute Gasteiger partial charge is 0.230 e. The number of carbonyl (C=O) groups excluding carboxylic acids is 1. The van der Waals surface area contributed by atoms with Gasteiger partial charge in [-0.3, -0.25) is 14.3 Å². The molecular weight excluding hydrogens is 444 g/mol. The first-order valence-electron chi connectivity index (χ1n) is 10.7. The molecule has 8 nitrogen and oxygen atoms in total. The molecule has 0 saturated carbocycles. The molecule has 2 aromatic heterocycles. The van der Waals surface area contributed by atoms with E-state index >= 15 is 0 Å². The average molecular weight is 473 g/mol. The van der Waals surface area contributed by atoms with Gasteiger partial charge in [0.05, 0.1) is 24.6 Å². The Morgan fingerprint density at radius 1 is 1.22 bits per heavy atom. The number of amides is 1. The summed E-state index contributed by atoms with van der Waals surface area (Å²) in [5.74, 6) is 1.99. The van der Waals surface area contributed by atoms with Gasteiger partial charge in [0.25, 0.3) is 0 Å². The SMILES string of the molecule is CC(=O)N(c1ccccc1)c1nc(CSc2nnc(N3CCOCC3)n2CC(C)C)cs1. The van der Waals surface area contributed by atoms with E-state index in [1.807, 2.05) is 35.7 Å². The minimum Gasteiger partial charge on any atom is -0.378 e. The number of aromatic nitrogens is 4. The first kappa shape index (κ1) is 22.8. The van der Waals surface area contributed by atoms with Crippen LogP contribution in [-0.4, -0.2) is 52.0 Å². The molecule has 10 heteroatoms. The Kier molecular flexibility index (Phi) is 7.44. The largest absolute Gasteiger partial charge is 0.378 e. The summed E-state index contributed by atoms with van der Waals surface area (Å²) < 4.78 is 7.69. The lowest BCUT2D eigenvalue weighted by molar-refractivity contribution is -0.115. The van der Waals surface area contributed by atoms with Gasteiger partial charge < -0.3 is 9.64 Å². The van der Waals surface area contributed by atoms with Gasteiger partial charge in [0, 0.05) is 37.7 Å². The molecule has 1 fully saturated rings. The number of anilines is 3. The van der Waals surface area contributed by atoms with Gasteiger partial charge in [-0.15, -0.1) is 21.5 Å². The Labute approximate surface area is 196 Å². The lowest BCUT2D eigenvalue weighted by atomic mass is 10.2. The quantitative estimate of drug-likeness (QED) is 0.455. The average Bonchev–Trinajstić information content (AvgIpc) is 3.40. The lowest BCUT2D eigenvalue weighted by Gasteiger charge is -2.28. The van der Waals surface area contributed by atoms with Crippen LogP contribution < -0.4 is 9.80 Å². The Bertz CT molecular complexity index is 1030.